The Bertz CT molecular complexity index is 325. The van der Waals surface area contributed by atoms with E-state index in [1.54, 1.807) is 12.1 Å². The largest absolute Gasteiger partial charge is 0.398 e. The molecule has 0 bridgehead atoms. The van der Waals surface area contributed by atoms with Crippen LogP contribution in [0.4, 0.5) is 5.69 Å². The van der Waals surface area contributed by atoms with Crippen LogP contribution >= 0.6 is 15.9 Å². The van der Waals surface area contributed by atoms with Gasteiger partial charge in [-0.05, 0) is 31.0 Å². The van der Waals surface area contributed by atoms with Gasteiger partial charge in [-0.1, -0.05) is 22.0 Å². The molecule has 0 radical (unpaired) electrons. The van der Waals surface area contributed by atoms with Crippen molar-refractivity contribution in [3.05, 3.63) is 40.9 Å². The van der Waals surface area contributed by atoms with Crippen LogP contribution < -0.4 is 5.73 Å². The average molecular weight is 256 g/mol. The van der Waals surface area contributed by atoms with Crippen LogP contribution in [0, 0.1) is 0 Å². The van der Waals surface area contributed by atoms with Gasteiger partial charge in [0.05, 0.1) is 6.10 Å². The molecule has 0 amide bonds. The van der Waals surface area contributed by atoms with Crippen LogP contribution in [0.5, 0.6) is 0 Å². The van der Waals surface area contributed by atoms with E-state index in [9.17, 15) is 5.11 Å². The number of aliphatic hydroxyl groups is 1. The predicted molar refractivity (Wildman–Crippen MR) is 62.9 cm³/mol. The molecule has 1 rings (SSSR count). The first kappa shape index (κ1) is 11.3. The highest BCUT2D eigenvalue weighted by molar-refractivity contribution is 9.10. The van der Waals surface area contributed by atoms with Gasteiger partial charge in [-0.3, -0.25) is 0 Å². The van der Waals surface area contributed by atoms with Crippen LogP contribution in [-0.2, 0) is 0 Å². The van der Waals surface area contributed by atoms with Crippen molar-refractivity contribution >= 4 is 21.6 Å². The minimum Gasteiger partial charge on any atom is -0.398 e. The monoisotopic (exact) mass is 255 g/mol. The molecule has 76 valence electrons. The molecule has 3 N–H and O–H groups in total. The van der Waals surface area contributed by atoms with Crippen molar-refractivity contribution in [2.45, 2.75) is 18.9 Å². The molecule has 2 nitrogen and oxygen atoms in total. The summed E-state index contributed by atoms with van der Waals surface area (Å²) in [5.41, 5.74) is 7.16. The number of anilines is 1. The van der Waals surface area contributed by atoms with Gasteiger partial charge < -0.3 is 10.8 Å². The van der Waals surface area contributed by atoms with Crippen LogP contribution in [0.2, 0.25) is 0 Å². The van der Waals surface area contributed by atoms with Crippen molar-refractivity contribution < 1.29 is 5.11 Å². The fourth-order valence-electron chi connectivity index (χ4n) is 1.27. The third kappa shape index (κ3) is 2.86. The highest BCUT2D eigenvalue weighted by atomic mass is 79.9. The van der Waals surface area contributed by atoms with Crippen molar-refractivity contribution in [1.82, 2.24) is 0 Å². The number of benzene rings is 1. The second kappa shape index (κ2) is 5.17. The van der Waals surface area contributed by atoms with Gasteiger partial charge in [0.2, 0.25) is 0 Å². The molecule has 0 aromatic heterocycles. The van der Waals surface area contributed by atoms with Gasteiger partial charge in [-0.15, -0.1) is 6.58 Å². The van der Waals surface area contributed by atoms with Gasteiger partial charge in [0, 0.05) is 15.7 Å². The maximum Gasteiger partial charge on any atom is 0.0813 e. The number of aliphatic hydroxyl groups excluding tert-OH is 1. The van der Waals surface area contributed by atoms with Gasteiger partial charge in [0.15, 0.2) is 0 Å². The first-order valence-corrected chi connectivity index (χ1v) is 5.28. The van der Waals surface area contributed by atoms with E-state index in [0.29, 0.717) is 12.1 Å². The van der Waals surface area contributed by atoms with Crippen LogP contribution in [0.1, 0.15) is 24.5 Å². The lowest BCUT2D eigenvalue weighted by Crippen LogP contribution is -2.01. The van der Waals surface area contributed by atoms with E-state index in [1.165, 1.54) is 0 Å². The zero-order chi connectivity index (χ0) is 10.6. The summed E-state index contributed by atoms with van der Waals surface area (Å²) in [6.45, 7) is 3.61. The molecule has 0 aliphatic heterocycles. The number of hydrogen-bond acceptors (Lipinski definition) is 2. The Labute approximate surface area is 92.6 Å². The number of allylic oxidation sites excluding steroid dienone is 1. The van der Waals surface area contributed by atoms with E-state index in [-0.39, 0.29) is 0 Å². The molecule has 0 aliphatic carbocycles. The summed E-state index contributed by atoms with van der Waals surface area (Å²) < 4.78 is 0.930. The van der Waals surface area contributed by atoms with Gasteiger partial charge >= 0.3 is 0 Å². The Kier molecular flexibility index (Phi) is 4.17. The minimum absolute atomic E-state index is 0.509. The van der Waals surface area contributed by atoms with Crippen LogP contribution in [-0.4, -0.2) is 5.11 Å². The normalized spacial score (nSPS) is 12.4. The minimum atomic E-state index is -0.509. The van der Waals surface area contributed by atoms with Crippen molar-refractivity contribution in [2.75, 3.05) is 5.73 Å². The number of halogens is 1. The molecule has 1 atom stereocenters. The number of hydrogen-bond donors (Lipinski definition) is 2. The quantitative estimate of drug-likeness (QED) is 0.642. The van der Waals surface area contributed by atoms with Crippen LogP contribution in [0.25, 0.3) is 0 Å². The van der Waals surface area contributed by atoms with Crippen LogP contribution in [0.3, 0.4) is 0 Å². The van der Waals surface area contributed by atoms with Crippen molar-refractivity contribution in [3.63, 3.8) is 0 Å². The Balaban J connectivity index is 2.82. The number of nitrogens with two attached hydrogens (primary N) is 1. The molecular weight excluding hydrogens is 242 g/mol. The lowest BCUT2D eigenvalue weighted by molar-refractivity contribution is 0.169. The fraction of sp³-hybridized carbons (Fsp3) is 0.273. The van der Waals surface area contributed by atoms with Crippen LogP contribution in [0.15, 0.2) is 35.3 Å². The average Bonchev–Trinajstić information content (AvgIpc) is 2.18. The maximum atomic E-state index is 9.81. The van der Waals surface area contributed by atoms with Gasteiger partial charge in [-0.25, -0.2) is 0 Å². The smallest absolute Gasteiger partial charge is 0.0813 e. The molecule has 3 heteroatoms. The molecule has 0 saturated heterocycles. The molecule has 0 saturated carbocycles. The third-order valence-electron chi connectivity index (χ3n) is 2.05. The van der Waals surface area contributed by atoms with E-state index in [2.05, 4.69) is 22.5 Å². The summed E-state index contributed by atoms with van der Waals surface area (Å²) >= 11 is 3.35. The summed E-state index contributed by atoms with van der Waals surface area (Å²) in [7, 11) is 0. The molecule has 1 aromatic carbocycles. The molecule has 0 aliphatic rings. The summed E-state index contributed by atoms with van der Waals surface area (Å²) in [6.07, 6.45) is 2.72. The van der Waals surface area contributed by atoms with Crippen molar-refractivity contribution in [3.8, 4) is 0 Å². The first-order valence-electron chi connectivity index (χ1n) is 4.49. The number of rotatable bonds is 4. The lowest BCUT2D eigenvalue weighted by atomic mass is 10.0. The van der Waals surface area contributed by atoms with Crippen molar-refractivity contribution in [1.29, 1.82) is 0 Å². The standard InChI is InChI=1S/C11H14BrNO/c1-2-3-4-11(14)9-7-8(12)5-6-10(9)13/h2,5-7,11,14H,1,3-4,13H2. The van der Waals surface area contributed by atoms with E-state index in [0.717, 1.165) is 16.5 Å². The molecule has 0 fully saturated rings. The SMILES string of the molecule is C=CCCC(O)c1cc(Br)ccc1N. The Hall–Kier alpha value is -0.800. The molecule has 0 heterocycles. The zero-order valence-electron chi connectivity index (χ0n) is 7.91. The van der Waals surface area contributed by atoms with E-state index >= 15 is 0 Å². The summed E-state index contributed by atoms with van der Waals surface area (Å²) in [5, 5.41) is 9.81. The topological polar surface area (TPSA) is 46.2 Å². The van der Waals surface area contributed by atoms with E-state index < -0.39 is 6.10 Å². The Morgan fingerprint density at radius 2 is 2.29 bits per heavy atom. The van der Waals surface area contributed by atoms with Gasteiger partial charge in [0.1, 0.15) is 0 Å². The Morgan fingerprint density at radius 1 is 1.57 bits per heavy atom. The van der Waals surface area contributed by atoms with E-state index in [1.807, 2.05) is 12.1 Å². The third-order valence-corrected chi connectivity index (χ3v) is 2.55. The summed E-state index contributed by atoms with van der Waals surface area (Å²) in [5.74, 6) is 0. The zero-order valence-corrected chi connectivity index (χ0v) is 9.50. The molecule has 14 heavy (non-hydrogen) atoms. The highest BCUT2D eigenvalue weighted by Crippen LogP contribution is 2.27. The maximum absolute atomic E-state index is 9.81. The van der Waals surface area contributed by atoms with Crippen molar-refractivity contribution in [2.24, 2.45) is 0 Å². The molecule has 1 unspecified atom stereocenters. The molecule has 0 spiro atoms. The predicted octanol–water partition coefficient (Wildman–Crippen LogP) is 3.03. The molecular formula is C11H14BrNO. The van der Waals surface area contributed by atoms with Gasteiger partial charge in [-0.2, -0.15) is 0 Å². The lowest BCUT2D eigenvalue weighted by Gasteiger charge is -2.12. The van der Waals surface area contributed by atoms with E-state index in [4.69, 9.17) is 5.73 Å². The summed E-state index contributed by atoms with van der Waals surface area (Å²) in [6, 6.07) is 5.50. The fourth-order valence-corrected chi connectivity index (χ4v) is 1.64. The second-order valence-electron chi connectivity index (χ2n) is 3.16. The summed E-state index contributed by atoms with van der Waals surface area (Å²) in [4.78, 5) is 0. The first-order chi connectivity index (χ1) is 6.65. The molecule has 1 aromatic rings. The second-order valence-corrected chi connectivity index (χ2v) is 4.07. The van der Waals surface area contributed by atoms with Gasteiger partial charge in [0.25, 0.3) is 0 Å². The number of nitrogen functional groups attached to an aromatic ring is 1. The highest BCUT2D eigenvalue weighted by Gasteiger charge is 2.10. The Morgan fingerprint density at radius 3 is 2.93 bits per heavy atom.